The van der Waals surface area contributed by atoms with Gasteiger partial charge in [-0.15, -0.1) is 22.7 Å². The first-order valence-corrected chi connectivity index (χ1v) is 12.1. The highest BCUT2D eigenvalue weighted by Crippen LogP contribution is 2.29. The van der Waals surface area contributed by atoms with E-state index in [-0.39, 0.29) is 0 Å². The molecule has 0 amide bonds. The van der Waals surface area contributed by atoms with E-state index in [1.165, 1.54) is 11.1 Å². The summed E-state index contributed by atoms with van der Waals surface area (Å²) in [5.41, 5.74) is 4.44. The van der Waals surface area contributed by atoms with Crippen LogP contribution in [0, 0.1) is 0 Å². The number of likely N-dealkylation sites (N-methyl/N-ethyl adjacent to an activating group) is 2. The van der Waals surface area contributed by atoms with Crippen molar-refractivity contribution in [3.63, 3.8) is 0 Å². The van der Waals surface area contributed by atoms with Crippen molar-refractivity contribution in [1.29, 1.82) is 0 Å². The van der Waals surface area contributed by atoms with Crippen LogP contribution in [0.3, 0.4) is 0 Å². The van der Waals surface area contributed by atoms with Crippen LogP contribution >= 0.6 is 22.7 Å². The Balaban J connectivity index is 1.43. The zero-order valence-corrected chi connectivity index (χ0v) is 19.0. The lowest BCUT2D eigenvalue weighted by Gasteiger charge is -2.25. The fourth-order valence-electron chi connectivity index (χ4n) is 3.32. The summed E-state index contributed by atoms with van der Waals surface area (Å²) in [5, 5.41) is 6.46. The molecule has 0 N–H and O–H groups in total. The van der Waals surface area contributed by atoms with E-state index in [0.717, 1.165) is 47.8 Å². The van der Waals surface area contributed by atoms with Crippen LogP contribution in [0.25, 0.3) is 22.5 Å². The van der Waals surface area contributed by atoms with E-state index in [4.69, 9.17) is 9.97 Å². The van der Waals surface area contributed by atoms with E-state index in [1.54, 1.807) is 22.7 Å². The lowest BCUT2D eigenvalue weighted by Crippen LogP contribution is -2.35. The van der Waals surface area contributed by atoms with Gasteiger partial charge in [-0.2, -0.15) is 0 Å². The second kappa shape index (κ2) is 9.87. The van der Waals surface area contributed by atoms with Gasteiger partial charge in [-0.1, -0.05) is 60.7 Å². The first kappa shape index (κ1) is 20.6. The minimum atomic E-state index is 0.923. The van der Waals surface area contributed by atoms with Crippen LogP contribution in [0.5, 0.6) is 0 Å². The highest BCUT2D eigenvalue weighted by atomic mass is 32.1. The summed E-state index contributed by atoms with van der Waals surface area (Å²) in [7, 11) is 0. The quantitative estimate of drug-likeness (QED) is 0.310. The third-order valence-electron chi connectivity index (χ3n) is 5.07. The lowest BCUT2D eigenvalue weighted by molar-refractivity contribution is 0.750. The number of hydrogen-bond acceptors (Lipinski definition) is 6. The molecule has 4 rings (SSSR count). The van der Waals surface area contributed by atoms with Gasteiger partial charge in [-0.3, -0.25) is 0 Å². The Morgan fingerprint density at radius 1 is 0.633 bits per heavy atom. The monoisotopic (exact) mass is 434 g/mol. The Morgan fingerprint density at radius 3 is 1.40 bits per heavy atom. The van der Waals surface area contributed by atoms with E-state index >= 15 is 0 Å². The van der Waals surface area contributed by atoms with Gasteiger partial charge >= 0.3 is 0 Å². The third-order valence-corrected chi connectivity index (χ3v) is 6.87. The third kappa shape index (κ3) is 4.71. The van der Waals surface area contributed by atoms with E-state index in [1.807, 2.05) is 12.1 Å². The number of anilines is 2. The summed E-state index contributed by atoms with van der Waals surface area (Å²) in [6, 6.07) is 20.8. The summed E-state index contributed by atoms with van der Waals surface area (Å²) in [6.07, 6.45) is 0. The number of nitrogens with zero attached hydrogens (tertiary/aromatic N) is 4. The molecule has 2 aromatic carbocycles. The van der Waals surface area contributed by atoms with Crippen LogP contribution in [0.4, 0.5) is 10.3 Å². The Bertz CT molecular complexity index is 958. The van der Waals surface area contributed by atoms with Crippen molar-refractivity contribution in [2.45, 2.75) is 13.8 Å². The molecule has 4 nitrogen and oxygen atoms in total. The average molecular weight is 435 g/mol. The molecule has 0 aliphatic carbocycles. The highest BCUT2D eigenvalue weighted by molar-refractivity contribution is 7.14. The largest absolute Gasteiger partial charge is 0.347 e. The molecular formula is C24H26N4S2. The fourth-order valence-corrected chi connectivity index (χ4v) is 5.17. The van der Waals surface area contributed by atoms with Gasteiger partial charge in [-0.05, 0) is 13.8 Å². The highest BCUT2D eigenvalue weighted by Gasteiger charge is 2.15. The summed E-state index contributed by atoms with van der Waals surface area (Å²) >= 11 is 3.43. The molecule has 154 valence electrons. The zero-order valence-electron chi connectivity index (χ0n) is 17.4. The predicted molar refractivity (Wildman–Crippen MR) is 131 cm³/mol. The van der Waals surface area contributed by atoms with Crippen LogP contribution in [-0.2, 0) is 0 Å². The first-order valence-electron chi connectivity index (χ1n) is 10.3. The van der Waals surface area contributed by atoms with Crippen LogP contribution in [0.1, 0.15) is 13.8 Å². The minimum Gasteiger partial charge on any atom is -0.347 e. The fraction of sp³-hybridized carbons (Fsp3) is 0.250. The van der Waals surface area contributed by atoms with Crippen LogP contribution in [-0.4, -0.2) is 36.1 Å². The molecule has 0 aliphatic heterocycles. The van der Waals surface area contributed by atoms with Gasteiger partial charge in [0.1, 0.15) is 0 Å². The number of aromatic nitrogens is 2. The predicted octanol–water partition coefficient (Wildman–Crippen LogP) is 6.29. The average Bonchev–Trinajstić information content (AvgIpc) is 3.49. The maximum absolute atomic E-state index is 4.88. The molecule has 6 heteroatoms. The molecule has 0 atom stereocenters. The van der Waals surface area contributed by atoms with Crippen molar-refractivity contribution in [2.24, 2.45) is 0 Å². The number of rotatable bonds is 9. The number of thiazole rings is 2. The molecule has 0 saturated carbocycles. The second-order valence-corrected chi connectivity index (χ2v) is 8.60. The molecule has 4 aromatic rings. The van der Waals surface area contributed by atoms with Crippen molar-refractivity contribution in [1.82, 2.24) is 9.97 Å². The van der Waals surface area contributed by atoms with E-state index in [2.05, 4.69) is 82.9 Å². The van der Waals surface area contributed by atoms with Gasteiger partial charge < -0.3 is 9.80 Å². The molecule has 0 bridgehead atoms. The van der Waals surface area contributed by atoms with E-state index in [0.29, 0.717) is 0 Å². The summed E-state index contributed by atoms with van der Waals surface area (Å²) in [6.45, 7) is 8.10. The normalized spacial score (nSPS) is 10.9. The Morgan fingerprint density at radius 2 is 1.03 bits per heavy atom. The van der Waals surface area contributed by atoms with E-state index < -0.39 is 0 Å². The summed E-state index contributed by atoms with van der Waals surface area (Å²) < 4.78 is 0. The molecule has 2 heterocycles. The Kier molecular flexibility index (Phi) is 6.77. The minimum absolute atomic E-state index is 0.923. The standard InChI is InChI=1S/C24H26N4S2/c1-3-27(23-25-21(17-29-23)19-11-7-5-8-12-19)15-16-28(4-2)24-26-22(18-30-24)20-13-9-6-10-14-20/h5-14,17-18H,3-4,15-16H2,1-2H3. The van der Waals surface area contributed by atoms with Crippen molar-refractivity contribution in [2.75, 3.05) is 36.0 Å². The molecule has 2 aromatic heterocycles. The van der Waals surface area contributed by atoms with Crippen molar-refractivity contribution >= 4 is 32.9 Å². The van der Waals surface area contributed by atoms with Crippen LogP contribution in [0.2, 0.25) is 0 Å². The Hall–Kier alpha value is -2.70. The molecule has 0 spiro atoms. The molecule has 0 radical (unpaired) electrons. The molecule has 0 unspecified atom stereocenters. The zero-order chi connectivity index (χ0) is 20.8. The molecule has 30 heavy (non-hydrogen) atoms. The molecule has 0 fully saturated rings. The topological polar surface area (TPSA) is 32.3 Å². The van der Waals surface area contributed by atoms with Gasteiger partial charge in [-0.25, -0.2) is 9.97 Å². The van der Waals surface area contributed by atoms with Crippen LogP contribution in [0.15, 0.2) is 71.4 Å². The summed E-state index contributed by atoms with van der Waals surface area (Å²) in [5.74, 6) is 0. The summed E-state index contributed by atoms with van der Waals surface area (Å²) in [4.78, 5) is 14.5. The maximum atomic E-state index is 4.88. The smallest absolute Gasteiger partial charge is 0.185 e. The van der Waals surface area contributed by atoms with E-state index in [9.17, 15) is 0 Å². The Labute approximate surface area is 186 Å². The molecule has 0 saturated heterocycles. The SMILES string of the molecule is CCN(CCN(CC)c1nc(-c2ccccc2)cs1)c1nc(-c2ccccc2)cs1. The van der Waals surface area contributed by atoms with Gasteiger partial charge in [0.15, 0.2) is 10.3 Å². The first-order chi connectivity index (χ1) is 14.8. The van der Waals surface area contributed by atoms with Crippen molar-refractivity contribution < 1.29 is 0 Å². The van der Waals surface area contributed by atoms with Gasteiger partial charge in [0.25, 0.3) is 0 Å². The second-order valence-electron chi connectivity index (χ2n) is 6.92. The lowest BCUT2D eigenvalue weighted by atomic mass is 10.2. The maximum Gasteiger partial charge on any atom is 0.185 e. The number of benzene rings is 2. The van der Waals surface area contributed by atoms with Crippen molar-refractivity contribution in [3.05, 3.63) is 71.4 Å². The van der Waals surface area contributed by atoms with Gasteiger partial charge in [0.2, 0.25) is 0 Å². The van der Waals surface area contributed by atoms with Gasteiger partial charge in [0, 0.05) is 48.1 Å². The number of hydrogen-bond donors (Lipinski definition) is 0. The van der Waals surface area contributed by atoms with Crippen LogP contribution < -0.4 is 9.80 Å². The molecule has 0 aliphatic rings. The van der Waals surface area contributed by atoms with Gasteiger partial charge in [0.05, 0.1) is 11.4 Å². The molecular weight excluding hydrogens is 408 g/mol. The van der Waals surface area contributed by atoms with Crippen molar-refractivity contribution in [3.8, 4) is 22.5 Å².